The average molecular weight is 371 g/mol. The smallest absolute Gasteiger partial charge is 0.262 e. The molecule has 0 fully saturated rings. The third-order valence-electron chi connectivity index (χ3n) is 4.68. The van der Waals surface area contributed by atoms with Gasteiger partial charge >= 0.3 is 0 Å². The summed E-state index contributed by atoms with van der Waals surface area (Å²) in [6.45, 7) is 2.78. The molecule has 26 heavy (non-hydrogen) atoms. The van der Waals surface area contributed by atoms with Crippen LogP contribution in [0.4, 0.5) is 0 Å². The zero-order valence-corrected chi connectivity index (χ0v) is 15.5. The monoisotopic (exact) mass is 371 g/mol. The van der Waals surface area contributed by atoms with Crippen LogP contribution in [0.5, 0.6) is 5.75 Å². The molecule has 1 N–H and O–H groups in total. The first-order valence-corrected chi connectivity index (χ1v) is 9.83. The minimum Gasteiger partial charge on any atom is -0.488 e. The molecule has 136 valence electrons. The Balaban J connectivity index is 1.67. The van der Waals surface area contributed by atoms with Crippen molar-refractivity contribution in [2.24, 2.45) is 0 Å². The van der Waals surface area contributed by atoms with Crippen LogP contribution >= 0.6 is 11.3 Å². The van der Waals surface area contributed by atoms with Gasteiger partial charge in [-0.3, -0.25) is 14.2 Å². The van der Waals surface area contributed by atoms with E-state index in [9.17, 15) is 9.59 Å². The van der Waals surface area contributed by atoms with E-state index in [4.69, 9.17) is 4.74 Å². The minimum atomic E-state index is -0.179. The van der Waals surface area contributed by atoms with E-state index in [-0.39, 0.29) is 17.5 Å². The van der Waals surface area contributed by atoms with Gasteiger partial charge in [-0.05, 0) is 37.7 Å². The number of hydrogen-bond donors (Lipinski definition) is 1. The first kappa shape index (κ1) is 17.0. The number of fused-ring (bicyclic) bond motifs is 3. The van der Waals surface area contributed by atoms with Crippen LogP contribution in [0.15, 0.2) is 28.2 Å². The topological polar surface area (TPSA) is 77.0 Å². The fourth-order valence-electron chi connectivity index (χ4n) is 3.39. The van der Waals surface area contributed by atoms with Crippen LogP contribution in [0.1, 0.15) is 42.3 Å². The Bertz CT molecular complexity index is 1060. The third kappa shape index (κ3) is 3.07. The molecule has 4 rings (SSSR count). The van der Waals surface area contributed by atoms with Crippen molar-refractivity contribution in [2.45, 2.75) is 45.6 Å². The van der Waals surface area contributed by atoms with Crippen molar-refractivity contribution in [1.82, 2.24) is 14.5 Å². The number of hydrogen-bond acceptors (Lipinski definition) is 5. The summed E-state index contributed by atoms with van der Waals surface area (Å²) in [4.78, 5) is 34.8. The van der Waals surface area contributed by atoms with Gasteiger partial charge in [0.25, 0.3) is 5.56 Å². The lowest BCUT2D eigenvalue weighted by molar-refractivity contribution is 0.313. The molecule has 7 heteroatoms. The van der Waals surface area contributed by atoms with Gasteiger partial charge in [0.1, 0.15) is 4.83 Å². The first-order chi connectivity index (χ1) is 12.7. The molecule has 0 unspecified atom stereocenters. The van der Waals surface area contributed by atoms with Crippen LogP contribution < -0.4 is 15.7 Å². The fraction of sp³-hybridized carbons (Fsp3) is 0.421. The Labute approximate surface area is 154 Å². The van der Waals surface area contributed by atoms with E-state index in [2.05, 4.69) is 9.97 Å². The molecule has 0 saturated heterocycles. The number of aryl methyl sites for hydroxylation is 2. The quantitative estimate of drug-likeness (QED) is 0.748. The van der Waals surface area contributed by atoms with Gasteiger partial charge in [0, 0.05) is 22.8 Å². The van der Waals surface area contributed by atoms with Crippen molar-refractivity contribution in [3.05, 3.63) is 55.3 Å². The lowest BCUT2D eigenvalue weighted by Crippen LogP contribution is -2.23. The Kier molecular flexibility index (Phi) is 4.63. The van der Waals surface area contributed by atoms with Gasteiger partial charge in [-0.25, -0.2) is 4.98 Å². The highest BCUT2D eigenvalue weighted by Gasteiger charge is 2.20. The third-order valence-corrected chi connectivity index (χ3v) is 5.88. The predicted molar refractivity (Wildman–Crippen MR) is 102 cm³/mol. The van der Waals surface area contributed by atoms with E-state index in [1.165, 1.54) is 22.9 Å². The van der Waals surface area contributed by atoms with Crippen LogP contribution in [-0.2, 0) is 19.4 Å². The zero-order valence-electron chi connectivity index (χ0n) is 14.7. The maximum atomic E-state index is 13.0. The summed E-state index contributed by atoms with van der Waals surface area (Å²) in [5.41, 5.74) is 1.63. The second kappa shape index (κ2) is 7.07. The van der Waals surface area contributed by atoms with Crippen molar-refractivity contribution in [3.63, 3.8) is 0 Å². The molecule has 0 radical (unpaired) electrons. The van der Waals surface area contributed by atoms with E-state index in [0.717, 1.165) is 35.9 Å². The van der Waals surface area contributed by atoms with Crippen molar-refractivity contribution < 1.29 is 4.74 Å². The van der Waals surface area contributed by atoms with E-state index < -0.39 is 0 Å². The molecule has 0 spiro atoms. The molecule has 0 amide bonds. The maximum Gasteiger partial charge on any atom is 0.262 e. The molecule has 0 saturated carbocycles. The summed E-state index contributed by atoms with van der Waals surface area (Å²) in [5.74, 6) is 0.309. The second-order valence-electron chi connectivity index (χ2n) is 6.60. The fourth-order valence-corrected chi connectivity index (χ4v) is 4.61. The average Bonchev–Trinajstić information content (AvgIpc) is 3.03. The normalized spacial score (nSPS) is 13.7. The number of nitrogens with one attached hydrogen (secondary N) is 1. The summed E-state index contributed by atoms with van der Waals surface area (Å²) in [5, 5.41) is 0.762. The molecule has 0 atom stereocenters. The molecule has 3 heterocycles. The summed E-state index contributed by atoms with van der Waals surface area (Å²) in [6, 6.07) is 1.49. The van der Waals surface area contributed by atoms with Crippen LogP contribution in [0.3, 0.4) is 0 Å². The second-order valence-corrected chi connectivity index (χ2v) is 7.69. The van der Waals surface area contributed by atoms with Crippen LogP contribution in [0.2, 0.25) is 0 Å². The van der Waals surface area contributed by atoms with Crippen LogP contribution in [-0.4, -0.2) is 21.1 Å². The number of pyridine rings is 1. The van der Waals surface area contributed by atoms with Gasteiger partial charge in [0.2, 0.25) is 5.43 Å². The Morgan fingerprint density at radius 3 is 2.96 bits per heavy atom. The maximum absolute atomic E-state index is 13.0. The van der Waals surface area contributed by atoms with Gasteiger partial charge in [-0.15, -0.1) is 11.3 Å². The van der Waals surface area contributed by atoms with E-state index in [0.29, 0.717) is 18.1 Å². The molecular weight excluding hydrogens is 350 g/mol. The molecule has 0 aromatic carbocycles. The van der Waals surface area contributed by atoms with Crippen molar-refractivity contribution in [3.8, 4) is 5.75 Å². The molecule has 1 aliphatic carbocycles. The summed E-state index contributed by atoms with van der Waals surface area (Å²) in [7, 11) is 0. The predicted octanol–water partition coefficient (Wildman–Crippen LogP) is 2.86. The molecule has 3 aromatic rings. The van der Waals surface area contributed by atoms with E-state index >= 15 is 0 Å². The van der Waals surface area contributed by atoms with Gasteiger partial charge in [-0.1, -0.05) is 6.92 Å². The van der Waals surface area contributed by atoms with E-state index in [1.54, 1.807) is 28.4 Å². The number of aromatic nitrogens is 3. The summed E-state index contributed by atoms with van der Waals surface area (Å²) < 4.78 is 6.97. The molecule has 3 aromatic heterocycles. The van der Waals surface area contributed by atoms with Crippen molar-refractivity contribution in [2.75, 3.05) is 6.61 Å². The van der Waals surface area contributed by atoms with Crippen molar-refractivity contribution in [1.29, 1.82) is 0 Å². The number of nitrogens with zero attached hydrogens (tertiary/aromatic N) is 2. The number of thiophene rings is 1. The summed E-state index contributed by atoms with van der Waals surface area (Å²) in [6.07, 6.45) is 8.29. The van der Waals surface area contributed by atoms with Crippen molar-refractivity contribution >= 4 is 21.6 Å². The minimum absolute atomic E-state index is 0.0263. The first-order valence-electron chi connectivity index (χ1n) is 9.01. The zero-order chi connectivity index (χ0) is 18.1. The lowest BCUT2D eigenvalue weighted by atomic mass is 9.97. The highest BCUT2D eigenvalue weighted by molar-refractivity contribution is 7.18. The van der Waals surface area contributed by atoms with Crippen LogP contribution in [0.25, 0.3) is 10.2 Å². The van der Waals surface area contributed by atoms with Gasteiger partial charge in [-0.2, -0.15) is 0 Å². The highest BCUT2D eigenvalue weighted by Crippen LogP contribution is 2.33. The molecule has 0 bridgehead atoms. The molecular formula is C19H21N3O3S. The Hall–Kier alpha value is -2.41. The van der Waals surface area contributed by atoms with Gasteiger partial charge in [0.05, 0.1) is 24.9 Å². The standard InChI is InChI=1S/C19H21N3O3S/c1-2-7-25-15-9-20-12(8-14(15)23)10-22-11-21-18-17(19(22)24)13-5-3-4-6-16(13)26-18/h8-9,11H,2-7,10H2,1H3,(H,20,23). The number of H-pyrrole nitrogens is 1. The van der Waals surface area contributed by atoms with E-state index in [1.807, 2.05) is 6.92 Å². The SMILES string of the molecule is CCCOc1c[nH]c(Cn2cnc3sc4c(c3c2=O)CCCC4)cc1=O. The number of ether oxygens (including phenoxy) is 1. The largest absolute Gasteiger partial charge is 0.488 e. The van der Waals surface area contributed by atoms with Gasteiger partial charge in [0.15, 0.2) is 5.75 Å². The number of rotatable bonds is 5. The Morgan fingerprint density at radius 1 is 1.31 bits per heavy atom. The molecule has 1 aliphatic rings. The van der Waals surface area contributed by atoms with Crippen LogP contribution in [0, 0.1) is 0 Å². The van der Waals surface area contributed by atoms with Gasteiger partial charge < -0.3 is 9.72 Å². The lowest BCUT2D eigenvalue weighted by Gasteiger charge is -2.11. The molecule has 0 aliphatic heterocycles. The summed E-state index contributed by atoms with van der Waals surface area (Å²) >= 11 is 1.64. The highest BCUT2D eigenvalue weighted by atomic mass is 32.1. The number of aromatic amines is 1. The molecule has 6 nitrogen and oxygen atoms in total. The Morgan fingerprint density at radius 2 is 2.15 bits per heavy atom.